The zero-order valence-electron chi connectivity index (χ0n) is 49.1. The van der Waals surface area contributed by atoms with Crippen molar-refractivity contribution < 1.29 is 71.9 Å². The first-order valence-corrected chi connectivity index (χ1v) is 29.6. The van der Waals surface area contributed by atoms with Crippen LogP contribution in [0, 0.1) is 0 Å². The Kier molecular flexibility index (Phi) is 61.8. The van der Waals surface area contributed by atoms with E-state index in [0.717, 1.165) is 116 Å². The van der Waals surface area contributed by atoms with Gasteiger partial charge in [0.2, 0.25) is 12.2 Å². The molecule has 0 aliphatic rings. The number of isocyanates is 2. The minimum atomic E-state index is -0.646. The number of carbonyl (C=O) groups excluding carboxylic acids is 8. The second-order valence-electron chi connectivity index (χ2n) is 19.0. The lowest BCUT2D eigenvalue weighted by atomic mass is 10.0. The smallest absolute Gasteiger partial charge is 0.407 e. The van der Waals surface area contributed by atoms with E-state index >= 15 is 0 Å². The van der Waals surface area contributed by atoms with Crippen molar-refractivity contribution in [2.45, 2.75) is 252 Å². The first-order chi connectivity index (χ1) is 37.9. The molecule has 0 bridgehead atoms. The van der Waals surface area contributed by atoms with E-state index in [4.69, 9.17) is 28.4 Å². The standard InChI is InChI=1S/C35H66N2O8.C11H16N4O6.C11H24O/c1-5-9-13-20-30(21-14-10-6-2)44-32(38)24-17-26-36-34(40)42-28-19-29-43-35(41)37-27-18-25-33(39)45-31(22-15-11-7-3)23-16-12-8-4;16-8-12-2-4-14-10(18)20-6-1-7-21-11(19)15-5-3-13-9-17;1-3-5-7-9-11(12)10-8-6-4-2/h30-31H,5-29H2,1-4H3,(H,36,40)(H,37,41);1-7H2,(H,14,18)(H,15,19);11-12H,3-10H2,1-2H3. The Labute approximate surface area is 468 Å². The molecule has 454 valence electrons. The van der Waals surface area contributed by atoms with Crippen LogP contribution in [0.2, 0.25) is 0 Å². The molecule has 0 aromatic carbocycles. The highest BCUT2D eigenvalue weighted by Gasteiger charge is 2.16. The van der Waals surface area contributed by atoms with Gasteiger partial charge >= 0.3 is 36.3 Å². The van der Waals surface area contributed by atoms with Crippen molar-refractivity contribution in [3.63, 3.8) is 0 Å². The largest absolute Gasteiger partial charge is 0.462 e. The topological polar surface area (TPSA) is 285 Å². The summed E-state index contributed by atoms with van der Waals surface area (Å²) in [5, 5.41) is 19.5. The number of nitrogens with one attached hydrogen (secondary N) is 4. The molecule has 21 heteroatoms. The Morgan fingerprint density at radius 2 is 0.654 bits per heavy atom. The summed E-state index contributed by atoms with van der Waals surface area (Å²) in [7, 11) is 0. The predicted octanol–water partition coefficient (Wildman–Crippen LogP) is 11.5. The summed E-state index contributed by atoms with van der Waals surface area (Å²) in [4.78, 5) is 96.4. The lowest BCUT2D eigenvalue weighted by Crippen LogP contribution is -2.28. The van der Waals surface area contributed by atoms with Crippen molar-refractivity contribution >= 4 is 48.5 Å². The highest BCUT2D eigenvalue weighted by molar-refractivity contribution is 5.71. The van der Waals surface area contributed by atoms with Gasteiger partial charge < -0.3 is 54.8 Å². The van der Waals surface area contributed by atoms with Crippen LogP contribution in [0.3, 0.4) is 0 Å². The van der Waals surface area contributed by atoms with Crippen LogP contribution < -0.4 is 21.3 Å². The predicted molar refractivity (Wildman–Crippen MR) is 302 cm³/mol. The molecule has 0 unspecified atom stereocenters. The molecule has 4 amide bonds. The fourth-order valence-corrected chi connectivity index (χ4v) is 7.25. The van der Waals surface area contributed by atoms with Crippen LogP contribution in [-0.4, -0.2) is 138 Å². The quantitative estimate of drug-likeness (QED) is 0.0124. The number of esters is 2. The number of hydrogen-bond donors (Lipinski definition) is 5. The molecule has 21 nitrogen and oxygen atoms in total. The van der Waals surface area contributed by atoms with Gasteiger partial charge in [-0.05, 0) is 77.0 Å². The second-order valence-corrected chi connectivity index (χ2v) is 19.0. The van der Waals surface area contributed by atoms with E-state index in [1.165, 1.54) is 50.7 Å². The molecule has 0 aromatic heterocycles. The number of rotatable bonds is 48. The van der Waals surface area contributed by atoms with Gasteiger partial charge in [0.05, 0.1) is 45.6 Å². The van der Waals surface area contributed by atoms with Crippen LogP contribution in [0.25, 0.3) is 0 Å². The molecule has 0 saturated carbocycles. The van der Waals surface area contributed by atoms with Gasteiger partial charge in [-0.2, -0.15) is 0 Å². The number of aliphatic hydroxyl groups is 1. The number of aliphatic hydroxyl groups excluding tert-OH is 1. The SMILES string of the molecule is CCCCCC(CCCCC)OC(=O)CCCNC(=O)OCCCOC(=O)NCCCC(=O)OC(CCCCC)CCCCC.CCCCCC(O)CCCCC.O=C=NCCNC(=O)OCCCOC(=O)NCCN=C=O. The molecule has 0 aromatic rings. The number of amides is 4. The Morgan fingerprint density at radius 3 is 0.923 bits per heavy atom. The molecule has 0 aliphatic heterocycles. The summed E-state index contributed by atoms with van der Waals surface area (Å²) in [5.74, 6) is -0.439. The van der Waals surface area contributed by atoms with E-state index in [0.29, 0.717) is 38.8 Å². The Balaban J connectivity index is -0.00000139. The van der Waals surface area contributed by atoms with Gasteiger partial charge in [0, 0.05) is 51.9 Å². The molecule has 0 aliphatic carbocycles. The third-order valence-corrected chi connectivity index (χ3v) is 11.7. The van der Waals surface area contributed by atoms with E-state index in [9.17, 15) is 43.5 Å². The maximum absolute atomic E-state index is 12.3. The molecular formula is C57H106N6O15. The highest BCUT2D eigenvalue weighted by atomic mass is 16.6. The Hall–Kier alpha value is -5.26. The number of ether oxygens (including phenoxy) is 6. The molecule has 0 radical (unpaired) electrons. The van der Waals surface area contributed by atoms with E-state index in [2.05, 4.69) is 72.8 Å². The Bertz CT molecular complexity index is 1420. The van der Waals surface area contributed by atoms with Crippen molar-refractivity contribution in [2.75, 3.05) is 65.7 Å². The number of unbranched alkanes of at least 4 members (excludes halogenated alkanes) is 12. The van der Waals surface area contributed by atoms with Gasteiger partial charge in [-0.15, -0.1) is 0 Å². The molecule has 5 N–H and O–H groups in total. The number of hydrogen-bond acceptors (Lipinski definition) is 17. The molecular weight excluding hydrogens is 1010 g/mol. The summed E-state index contributed by atoms with van der Waals surface area (Å²) in [6, 6.07) is 0. The van der Waals surface area contributed by atoms with Crippen LogP contribution in [0.15, 0.2) is 9.98 Å². The van der Waals surface area contributed by atoms with E-state index in [1.54, 1.807) is 0 Å². The third kappa shape index (κ3) is 61.6. The lowest BCUT2D eigenvalue weighted by Gasteiger charge is -2.18. The van der Waals surface area contributed by atoms with Crippen molar-refractivity contribution in [2.24, 2.45) is 9.98 Å². The van der Waals surface area contributed by atoms with E-state index in [-0.39, 0.29) is 95.7 Å². The molecule has 0 heterocycles. The zero-order valence-corrected chi connectivity index (χ0v) is 49.1. The average Bonchev–Trinajstić information content (AvgIpc) is 3.41. The van der Waals surface area contributed by atoms with Crippen LogP contribution in [0.4, 0.5) is 19.2 Å². The summed E-state index contributed by atoms with van der Waals surface area (Å²) >= 11 is 0. The third-order valence-electron chi connectivity index (χ3n) is 11.7. The van der Waals surface area contributed by atoms with Gasteiger partial charge in [-0.25, -0.2) is 38.8 Å². The van der Waals surface area contributed by atoms with Crippen LogP contribution >= 0.6 is 0 Å². The number of alkyl carbamates (subject to hydrolysis) is 4. The van der Waals surface area contributed by atoms with E-state index < -0.39 is 24.4 Å². The monoisotopic (exact) mass is 1110 g/mol. The van der Waals surface area contributed by atoms with E-state index in [1.807, 2.05) is 0 Å². The van der Waals surface area contributed by atoms with Gasteiger partial charge in [-0.1, -0.05) is 131 Å². The lowest BCUT2D eigenvalue weighted by molar-refractivity contribution is -0.151. The van der Waals surface area contributed by atoms with Crippen LogP contribution in [-0.2, 0) is 47.6 Å². The number of carbonyl (C=O) groups is 6. The molecule has 0 rings (SSSR count). The van der Waals surface area contributed by atoms with Crippen LogP contribution in [0.1, 0.15) is 234 Å². The van der Waals surface area contributed by atoms with Gasteiger partial charge in [0.15, 0.2) is 0 Å². The minimum Gasteiger partial charge on any atom is -0.462 e. The van der Waals surface area contributed by atoms with Gasteiger partial charge in [0.1, 0.15) is 12.2 Å². The second kappa shape index (κ2) is 62.6. The fourth-order valence-electron chi connectivity index (χ4n) is 7.25. The molecule has 0 fully saturated rings. The van der Waals surface area contributed by atoms with Gasteiger partial charge in [-0.3, -0.25) is 9.59 Å². The fraction of sp³-hybridized carbons (Fsp3) is 0.860. The number of aliphatic imine (C=N–C) groups is 2. The van der Waals surface area contributed by atoms with Crippen molar-refractivity contribution in [1.29, 1.82) is 0 Å². The molecule has 0 atom stereocenters. The normalized spacial score (nSPS) is 10.4. The maximum atomic E-state index is 12.3. The molecule has 0 saturated heterocycles. The van der Waals surface area contributed by atoms with Crippen LogP contribution in [0.5, 0.6) is 0 Å². The first-order valence-electron chi connectivity index (χ1n) is 29.6. The Morgan fingerprint density at radius 1 is 0.385 bits per heavy atom. The zero-order chi connectivity index (χ0) is 58.4. The molecule has 78 heavy (non-hydrogen) atoms. The van der Waals surface area contributed by atoms with Crippen molar-refractivity contribution in [3.05, 3.63) is 0 Å². The molecule has 0 spiro atoms. The summed E-state index contributed by atoms with van der Waals surface area (Å²) < 4.78 is 31.1. The van der Waals surface area contributed by atoms with Crippen molar-refractivity contribution in [3.8, 4) is 0 Å². The summed E-state index contributed by atoms with van der Waals surface area (Å²) in [6.07, 6.45) is 28.8. The summed E-state index contributed by atoms with van der Waals surface area (Å²) in [6.45, 7) is 14.6. The minimum absolute atomic E-state index is 0.0143. The average molecular weight is 1120 g/mol. The highest BCUT2D eigenvalue weighted by Crippen LogP contribution is 2.17. The van der Waals surface area contributed by atoms with Crippen molar-refractivity contribution in [1.82, 2.24) is 21.3 Å². The first kappa shape index (κ1) is 77.0. The maximum Gasteiger partial charge on any atom is 0.407 e. The summed E-state index contributed by atoms with van der Waals surface area (Å²) in [5.41, 5.74) is 0. The van der Waals surface area contributed by atoms with Gasteiger partial charge in [0.25, 0.3) is 0 Å². The number of nitrogens with zero attached hydrogens (tertiary/aromatic N) is 2.